The molecule has 3 aromatic heterocycles. The maximum Gasteiger partial charge on any atom is 0.290 e. The van der Waals surface area contributed by atoms with Crippen molar-refractivity contribution in [2.75, 3.05) is 11.5 Å². The van der Waals surface area contributed by atoms with Crippen LogP contribution in [0.3, 0.4) is 0 Å². The van der Waals surface area contributed by atoms with Crippen LogP contribution in [-0.4, -0.2) is 0 Å². The van der Waals surface area contributed by atoms with Crippen molar-refractivity contribution in [3.8, 4) is 22.6 Å². The zero-order valence-electron chi connectivity index (χ0n) is 10.1. The Balaban J connectivity index is 2.55. The largest absolute Gasteiger partial charge is 0.396 e. The van der Waals surface area contributed by atoms with Gasteiger partial charge in [0.2, 0.25) is 0 Å². The number of nitrogens with one attached hydrogen (secondary N) is 1. The lowest BCUT2D eigenvalue weighted by atomic mass is 10.0. The molecule has 0 unspecified atom stereocenters. The fourth-order valence-electron chi connectivity index (χ4n) is 2.09. The standard InChI is InChI=1S/C13H7N5S2/c14-4-6-9(7-2-1-3-19-7)10-11(16)8(5-15)20-13(10)18-12(6)17/h1-3H,16H2,(H2,17,18)/p+1. The van der Waals surface area contributed by atoms with Crippen molar-refractivity contribution in [3.05, 3.63) is 28.0 Å². The monoisotopic (exact) mass is 298 g/mol. The number of hydrogen-bond donors (Lipinski definition) is 2. The third kappa shape index (κ3) is 1.62. The Kier molecular flexibility index (Phi) is 2.79. The average molecular weight is 298 g/mol. The zero-order valence-corrected chi connectivity index (χ0v) is 11.7. The maximum absolute atomic E-state index is 9.36. The predicted molar refractivity (Wildman–Crippen MR) is 79.9 cm³/mol. The van der Waals surface area contributed by atoms with Crippen LogP contribution in [0.4, 0.5) is 11.5 Å². The number of nitriles is 2. The molecular formula is C13H8N5S2+. The molecule has 20 heavy (non-hydrogen) atoms. The van der Waals surface area contributed by atoms with Gasteiger partial charge >= 0.3 is 0 Å². The summed E-state index contributed by atoms with van der Waals surface area (Å²) in [6.07, 6.45) is 0. The molecule has 0 aliphatic carbocycles. The van der Waals surface area contributed by atoms with Crippen LogP contribution in [0.5, 0.6) is 0 Å². The molecule has 0 aliphatic heterocycles. The Morgan fingerprint density at radius 2 is 2.00 bits per heavy atom. The SMILES string of the molecule is N#Cc1sc2[nH+]c(N)c(C#N)c(-c3cccs3)c2c1N. The molecule has 5 N–H and O–H groups in total. The molecule has 0 atom stereocenters. The van der Waals surface area contributed by atoms with Crippen LogP contribution >= 0.6 is 22.7 Å². The van der Waals surface area contributed by atoms with E-state index < -0.39 is 0 Å². The topological polar surface area (TPSA) is 114 Å². The second-order valence-electron chi connectivity index (χ2n) is 4.04. The first-order valence-corrected chi connectivity index (χ1v) is 7.27. The van der Waals surface area contributed by atoms with E-state index in [1.165, 1.54) is 22.7 Å². The molecule has 96 valence electrons. The third-order valence-electron chi connectivity index (χ3n) is 2.94. The number of rotatable bonds is 1. The number of nitrogen functional groups attached to an aromatic ring is 2. The Morgan fingerprint density at radius 1 is 1.20 bits per heavy atom. The minimum absolute atomic E-state index is 0.286. The molecule has 5 nitrogen and oxygen atoms in total. The predicted octanol–water partition coefficient (Wildman–Crippen LogP) is 2.35. The smallest absolute Gasteiger partial charge is 0.290 e. The molecule has 0 fully saturated rings. The summed E-state index contributed by atoms with van der Waals surface area (Å²) >= 11 is 2.74. The number of aromatic nitrogens is 1. The minimum Gasteiger partial charge on any atom is -0.396 e. The highest BCUT2D eigenvalue weighted by Crippen LogP contribution is 2.41. The van der Waals surface area contributed by atoms with Crippen molar-refractivity contribution >= 4 is 44.4 Å². The number of thiophene rings is 2. The first-order chi connectivity index (χ1) is 9.67. The minimum atomic E-state index is 0.286. The van der Waals surface area contributed by atoms with Gasteiger partial charge in [0.15, 0.2) is 10.4 Å². The highest BCUT2D eigenvalue weighted by molar-refractivity contribution is 7.19. The fraction of sp³-hybridized carbons (Fsp3) is 0. The van der Waals surface area contributed by atoms with Gasteiger partial charge < -0.3 is 5.73 Å². The van der Waals surface area contributed by atoms with Crippen LogP contribution in [0, 0.1) is 22.7 Å². The van der Waals surface area contributed by atoms with Gasteiger partial charge in [-0.2, -0.15) is 10.5 Å². The van der Waals surface area contributed by atoms with E-state index in [2.05, 4.69) is 17.1 Å². The molecule has 0 bridgehead atoms. The quantitative estimate of drug-likeness (QED) is 0.717. The molecule has 3 rings (SSSR count). The number of fused-ring (bicyclic) bond motifs is 1. The first-order valence-electron chi connectivity index (χ1n) is 5.58. The molecular weight excluding hydrogens is 290 g/mol. The first kappa shape index (κ1) is 12.4. The zero-order chi connectivity index (χ0) is 14.3. The number of nitrogens with two attached hydrogens (primary N) is 2. The van der Waals surface area contributed by atoms with Crippen LogP contribution in [0.25, 0.3) is 20.7 Å². The molecule has 0 aromatic carbocycles. The van der Waals surface area contributed by atoms with Gasteiger partial charge in [-0.05, 0) is 11.4 Å². The van der Waals surface area contributed by atoms with E-state index in [1.54, 1.807) is 0 Å². The summed E-state index contributed by atoms with van der Waals surface area (Å²) in [4.78, 5) is 4.99. The Morgan fingerprint density at radius 3 is 2.60 bits per heavy atom. The van der Waals surface area contributed by atoms with Gasteiger partial charge in [0.25, 0.3) is 5.82 Å². The summed E-state index contributed by atoms with van der Waals surface area (Å²) in [5.74, 6) is 0.286. The highest BCUT2D eigenvalue weighted by atomic mass is 32.1. The molecule has 0 spiro atoms. The lowest BCUT2D eigenvalue weighted by Crippen LogP contribution is -2.13. The van der Waals surface area contributed by atoms with Crippen molar-refractivity contribution in [2.24, 2.45) is 0 Å². The maximum atomic E-state index is 9.36. The molecule has 0 radical (unpaired) electrons. The summed E-state index contributed by atoms with van der Waals surface area (Å²) in [5.41, 5.74) is 13.4. The van der Waals surface area contributed by atoms with E-state index in [1.807, 2.05) is 17.5 Å². The van der Waals surface area contributed by atoms with Crippen molar-refractivity contribution in [1.29, 1.82) is 10.5 Å². The third-order valence-corrected chi connectivity index (χ3v) is 4.86. The van der Waals surface area contributed by atoms with Crippen LogP contribution < -0.4 is 16.5 Å². The van der Waals surface area contributed by atoms with E-state index >= 15 is 0 Å². The molecule has 7 heteroatoms. The number of aromatic amines is 1. The van der Waals surface area contributed by atoms with E-state index in [4.69, 9.17) is 16.7 Å². The van der Waals surface area contributed by atoms with Gasteiger partial charge in [-0.1, -0.05) is 17.4 Å². The Bertz CT molecular complexity index is 894. The van der Waals surface area contributed by atoms with E-state index in [0.717, 1.165) is 4.88 Å². The van der Waals surface area contributed by atoms with Crippen LogP contribution in [0.15, 0.2) is 17.5 Å². The van der Waals surface area contributed by atoms with Crippen molar-refractivity contribution in [2.45, 2.75) is 0 Å². The highest BCUT2D eigenvalue weighted by Gasteiger charge is 2.24. The van der Waals surface area contributed by atoms with E-state index in [-0.39, 0.29) is 5.82 Å². The number of H-pyrrole nitrogens is 1. The fourth-order valence-corrected chi connectivity index (χ4v) is 3.81. The molecule has 0 aliphatic rings. The Labute approximate surface area is 122 Å². The van der Waals surface area contributed by atoms with Crippen molar-refractivity contribution in [1.82, 2.24) is 0 Å². The summed E-state index contributed by atoms with van der Waals surface area (Å²) in [7, 11) is 0. The van der Waals surface area contributed by atoms with Crippen LogP contribution in [-0.2, 0) is 0 Å². The van der Waals surface area contributed by atoms with Gasteiger partial charge in [-0.15, -0.1) is 11.3 Å². The number of hydrogen-bond acceptors (Lipinski definition) is 6. The molecule has 0 saturated carbocycles. The van der Waals surface area contributed by atoms with Gasteiger partial charge in [0.05, 0.1) is 11.1 Å². The van der Waals surface area contributed by atoms with E-state index in [0.29, 0.717) is 31.9 Å². The Hall–Kier alpha value is -2.61. The van der Waals surface area contributed by atoms with Gasteiger partial charge in [0.1, 0.15) is 17.0 Å². The second-order valence-corrected chi connectivity index (χ2v) is 6.01. The van der Waals surface area contributed by atoms with Gasteiger partial charge in [0, 0.05) is 10.4 Å². The molecule has 0 amide bonds. The second kappa shape index (κ2) is 4.49. The molecule has 0 saturated heterocycles. The van der Waals surface area contributed by atoms with Gasteiger partial charge in [-0.3, -0.25) is 5.73 Å². The summed E-state index contributed by atoms with van der Waals surface area (Å²) in [5, 5.41) is 21.1. The lowest BCUT2D eigenvalue weighted by Gasteiger charge is -2.04. The molecule has 3 aromatic rings. The number of nitrogens with zero attached hydrogens (tertiary/aromatic N) is 2. The van der Waals surface area contributed by atoms with Gasteiger partial charge in [-0.25, -0.2) is 4.98 Å². The summed E-state index contributed by atoms with van der Waals surface area (Å²) in [6, 6.07) is 7.98. The van der Waals surface area contributed by atoms with E-state index in [9.17, 15) is 5.26 Å². The number of anilines is 2. The van der Waals surface area contributed by atoms with Crippen molar-refractivity contribution < 1.29 is 4.98 Å². The molecule has 3 heterocycles. The summed E-state index contributed by atoms with van der Waals surface area (Å²) < 4.78 is 0. The van der Waals surface area contributed by atoms with Crippen molar-refractivity contribution in [3.63, 3.8) is 0 Å². The average Bonchev–Trinajstić information content (AvgIpc) is 3.06. The van der Waals surface area contributed by atoms with Crippen LogP contribution in [0.1, 0.15) is 10.4 Å². The summed E-state index contributed by atoms with van der Waals surface area (Å²) in [6.45, 7) is 0. The normalized spacial score (nSPS) is 10.3. The van der Waals surface area contributed by atoms with Crippen LogP contribution in [0.2, 0.25) is 0 Å². The number of pyridine rings is 1. The lowest BCUT2D eigenvalue weighted by molar-refractivity contribution is -0.323.